The Morgan fingerprint density at radius 2 is 2.11 bits per heavy atom. The van der Waals surface area contributed by atoms with Crippen molar-refractivity contribution in [3.8, 4) is 5.75 Å². The number of benzene rings is 1. The molecule has 0 amide bonds. The smallest absolute Gasteiger partial charge is 0.319 e. The van der Waals surface area contributed by atoms with Crippen molar-refractivity contribution < 1.29 is 22.7 Å². The molecule has 0 aliphatic heterocycles. The van der Waals surface area contributed by atoms with E-state index in [0.717, 1.165) is 0 Å². The quantitative estimate of drug-likeness (QED) is 0.819. The molecule has 0 saturated heterocycles. The number of phenols is 1. The van der Waals surface area contributed by atoms with Crippen LogP contribution < -0.4 is 5.32 Å². The summed E-state index contributed by atoms with van der Waals surface area (Å²) in [5.74, 6) is -3.91. The van der Waals surface area contributed by atoms with Gasteiger partial charge in [-0.25, -0.2) is 8.78 Å². The Labute approximate surface area is 102 Å². The van der Waals surface area contributed by atoms with Crippen LogP contribution in [0, 0.1) is 0 Å². The van der Waals surface area contributed by atoms with Gasteiger partial charge in [0.1, 0.15) is 5.75 Å². The second-order valence-electron chi connectivity index (χ2n) is 4.38. The van der Waals surface area contributed by atoms with E-state index >= 15 is 0 Å². The summed E-state index contributed by atoms with van der Waals surface area (Å²) < 4.78 is 49.6. The molecule has 0 fully saturated rings. The lowest BCUT2D eigenvalue weighted by atomic mass is 10.1. The SMILES string of the molecule is Oc1cccc2c1CCC2NCC(F)(F)C(F)F. The summed E-state index contributed by atoms with van der Waals surface area (Å²) in [6.45, 7) is -1.07. The molecule has 1 unspecified atom stereocenters. The first-order valence-electron chi connectivity index (χ1n) is 5.62. The van der Waals surface area contributed by atoms with Gasteiger partial charge in [0, 0.05) is 6.04 Å². The number of nitrogens with one attached hydrogen (secondary N) is 1. The molecule has 6 heteroatoms. The molecule has 0 aromatic heterocycles. The lowest BCUT2D eigenvalue weighted by Gasteiger charge is -2.20. The predicted molar refractivity (Wildman–Crippen MR) is 58.1 cm³/mol. The largest absolute Gasteiger partial charge is 0.508 e. The molecule has 1 aromatic rings. The fourth-order valence-corrected chi connectivity index (χ4v) is 2.18. The van der Waals surface area contributed by atoms with Crippen molar-refractivity contribution in [2.75, 3.05) is 6.54 Å². The highest BCUT2D eigenvalue weighted by Crippen LogP contribution is 2.36. The summed E-state index contributed by atoms with van der Waals surface area (Å²) in [6.07, 6.45) is -2.60. The second-order valence-corrected chi connectivity index (χ2v) is 4.38. The lowest BCUT2D eigenvalue weighted by Crippen LogP contribution is -2.39. The molecular weight excluding hydrogens is 250 g/mol. The van der Waals surface area contributed by atoms with Crippen molar-refractivity contribution in [1.29, 1.82) is 0 Å². The summed E-state index contributed by atoms with van der Waals surface area (Å²) in [5.41, 5.74) is 1.41. The minimum Gasteiger partial charge on any atom is -0.508 e. The van der Waals surface area contributed by atoms with E-state index in [9.17, 15) is 22.7 Å². The monoisotopic (exact) mass is 263 g/mol. The highest BCUT2D eigenvalue weighted by atomic mass is 19.3. The van der Waals surface area contributed by atoms with Gasteiger partial charge in [-0.15, -0.1) is 0 Å². The van der Waals surface area contributed by atoms with Crippen molar-refractivity contribution in [3.63, 3.8) is 0 Å². The molecule has 0 spiro atoms. The van der Waals surface area contributed by atoms with Crippen molar-refractivity contribution >= 4 is 0 Å². The molecule has 0 saturated carbocycles. The highest BCUT2D eigenvalue weighted by Gasteiger charge is 2.41. The fourth-order valence-electron chi connectivity index (χ4n) is 2.18. The lowest BCUT2D eigenvalue weighted by molar-refractivity contribution is -0.126. The predicted octanol–water partition coefficient (Wildman–Crippen LogP) is 2.87. The number of aromatic hydroxyl groups is 1. The third-order valence-corrected chi connectivity index (χ3v) is 3.15. The van der Waals surface area contributed by atoms with Gasteiger partial charge in [0.25, 0.3) is 0 Å². The Morgan fingerprint density at radius 3 is 2.78 bits per heavy atom. The van der Waals surface area contributed by atoms with E-state index in [1.165, 1.54) is 6.07 Å². The van der Waals surface area contributed by atoms with Gasteiger partial charge in [0.2, 0.25) is 0 Å². The average Bonchev–Trinajstić information content (AvgIpc) is 2.71. The summed E-state index contributed by atoms with van der Waals surface area (Å²) >= 11 is 0. The fraction of sp³-hybridized carbons (Fsp3) is 0.500. The molecule has 1 atom stereocenters. The zero-order chi connectivity index (χ0) is 13.3. The summed E-state index contributed by atoms with van der Waals surface area (Å²) in [7, 11) is 0. The van der Waals surface area contributed by atoms with Gasteiger partial charge < -0.3 is 10.4 Å². The maximum Gasteiger partial charge on any atom is 0.319 e. The van der Waals surface area contributed by atoms with Crippen molar-refractivity contribution in [2.24, 2.45) is 0 Å². The number of rotatable bonds is 4. The van der Waals surface area contributed by atoms with Crippen molar-refractivity contribution in [1.82, 2.24) is 5.32 Å². The van der Waals surface area contributed by atoms with Crippen LogP contribution in [0.2, 0.25) is 0 Å². The molecule has 1 aromatic carbocycles. The van der Waals surface area contributed by atoms with E-state index in [0.29, 0.717) is 24.0 Å². The maximum absolute atomic E-state index is 12.8. The van der Waals surface area contributed by atoms with Crippen LogP contribution in [-0.2, 0) is 6.42 Å². The van der Waals surface area contributed by atoms with Gasteiger partial charge in [0.05, 0.1) is 6.54 Å². The summed E-state index contributed by atoms with van der Waals surface area (Å²) in [4.78, 5) is 0. The van der Waals surface area contributed by atoms with Crippen LogP contribution in [0.5, 0.6) is 5.75 Å². The summed E-state index contributed by atoms with van der Waals surface area (Å²) in [5, 5.41) is 12.0. The molecule has 0 heterocycles. The van der Waals surface area contributed by atoms with Crippen LogP contribution in [0.4, 0.5) is 17.6 Å². The first kappa shape index (κ1) is 13.1. The zero-order valence-corrected chi connectivity index (χ0v) is 9.47. The van der Waals surface area contributed by atoms with Crippen LogP contribution >= 0.6 is 0 Å². The van der Waals surface area contributed by atoms with E-state index in [-0.39, 0.29) is 5.75 Å². The number of halogens is 4. The molecule has 2 N–H and O–H groups in total. The Kier molecular flexibility index (Phi) is 3.47. The number of hydrogen-bond acceptors (Lipinski definition) is 2. The highest BCUT2D eigenvalue weighted by molar-refractivity contribution is 5.44. The first-order chi connectivity index (χ1) is 8.42. The molecular formula is C12H13F4NO. The minimum atomic E-state index is -4.03. The van der Waals surface area contributed by atoms with Crippen LogP contribution in [-0.4, -0.2) is 24.0 Å². The second kappa shape index (κ2) is 4.76. The normalized spacial score (nSPS) is 19.3. The van der Waals surface area contributed by atoms with Gasteiger partial charge in [-0.2, -0.15) is 8.78 Å². The third kappa shape index (κ3) is 2.43. The third-order valence-electron chi connectivity index (χ3n) is 3.15. The molecule has 100 valence electrons. The Hall–Kier alpha value is -1.30. The zero-order valence-electron chi connectivity index (χ0n) is 9.47. The van der Waals surface area contributed by atoms with E-state index in [2.05, 4.69) is 5.32 Å². The molecule has 2 rings (SSSR count). The standard InChI is InChI=1S/C12H13F4NO/c13-11(14)12(15,16)6-17-9-5-4-8-7(9)2-1-3-10(8)18/h1-3,9,11,17-18H,4-6H2. The minimum absolute atomic E-state index is 0.123. The van der Waals surface area contributed by atoms with E-state index in [1.807, 2.05) is 0 Å². The average molecular weight is 263 g/mol. The number of alkyl halides is 4. The van der Waals surface area contributed by atoms with Gasteiger partial charge in [-0.1, -0.05) is 12.1 Å². The van der Waals surface area contributed by atoms with Gasteiger partial charge in [-0.05, 0) is 30.0 Å². The van der Waals surface area contributed by atoms with Crippen molar-refractivity contribution in [2.45, 2.75) is 31.2 Å². The Morgan fingerprint density at radius 1 is 1.39 bits per heavy atom. The molecule has 0 bridgehead atoms. The van der Waals surface area contributed by atoms with E-state index in [1.54, 1.807) is 12.1 Å². The van der Waals surface area contributed by atoms with Crippen LogP contribution in [0.1, 0.15) is 23.6 Å². The topological polar surface area (TPSA) is 32.3 Å². The van der Waals surface area contributed by atoms with Crippen LogP contribution in [0.15, 0.2) is 18.2 Å². The van der Waals surface area contributed by atoms with Crippen LogP contribution in [0.3, 0.4) is 0 Å². The first-order valence-corrected chi connectivity index (χ1v) is 5.62. The van der Waals surface area contributed by atoms with Gasteiger partial charge in [0.15, 0.2) is 0 Å². The Bertz CT molecular complexity index is 436. The molecule has 2 nitrogen and oxygen atoms in total. The number of hydrogen-bond donors (Lipinski definition) is 2. The molecule has 18 heavy (non-hydrogen) atoms. The number of phenolic OH excluding ortho intramolecular Hbond substituents is 1. The molecule has 0 radical (unpaired) electrons. The van der Waals surface area contributed by atoms with E-state index in [4.69, 9.17) is 0 Å². The molecule has 1 aliphatic carbocycles. The summed E-state index contributed by atoms with van der Waals surface area (Å²) in [6, 6.07) is 4.44. The maximum atomic E-state index is 12.8. The Balaban J connectivity index is 2.05. The van der Waals surface area contributed by atoms with Crippen molar-refractivity contribution in [3.05, 3.63) is 29.3 Å². The van der Waals surface area contributed by atoms with Gasteiger partial charge >= 0.3 is 12.3 Å². The van der Waals surface area contributed by atoms with E-state index < -0.39 is 24.9 Å². The van der Waals surface area contributed by atoms with Gasteiger partial charge in [-0.3, -0.25) is 0 Å². The number of fused-ring (bicyclic) bond motifs is 1. The molecule has 1 aliphatic rings. The van der Waals surface area contributed by atoms with Crippen LogP contribution in [0.25, 0.3) is 0 Å².